The molecule has 2 atom stereocenters. The van der Waals surface area contributed by atoms with E-state index in [2.05, 4.69) is 49.1 Å². The molecule has 18 heavy (non-hydrogen) atoms. The van der Waals surface area contributed by atoms with Gasteiger partial charge in [-0.1, -0.05) is 18.2 Å². The molecule has 0 spiro atoms. The highest BCUT2D eigenvalue weighted by Crippen LogP contribution is 2.18. The van der Waals surface area contributed by atoms with Crippen molar-refractivity contribution in [1.29, 1.82) is 0 Å². The Balaban J connectivity index is 1.63. The zero-order valence-corrected chi connectivity index (χ0v) is 12.2. The van der Waals surface area contributed by atoms with Gasteiger partial charge < -0.3 is 4.74 Å². The summed E-state index contributed by atoms with van der Waals surface area (Å²) < 4.78 is 5.75. The van der Waals surface area contributed by atoms with Crippen molar-refractivity contribution in [3.05, 3.63) is 30.3 Å². The topological polar surface area (TPSA) is 12.5 Å². The second-order valence-corrected chi connectivity index (χ2v) is 6.20. The van der Waals surface area contributed by atoms with Gasteiger partial charge in [0.1, 0.15) is 0 Å². The van der Waals surface area contributed by atoms with E-state index < -0.39 is 0 Å². The van der Waals surface area contributed by atoms with Gasteiger partial charge in [-0.25, -0.2) is 0 Å². The van der Waals surface area contributed by atoms with Gasteiger partial charge in [0.2, 0.25) is 0 Å². The quantitative estimate of drug-likeness (QED) is 0.599. The Morgan fingerprint density at radius 3 is 2.50 bits per heavy atom. The maximum atomic E-state index is 5.75. The van der Waals surface area contributed by atoms with Crippen molar-refractivity contribution in [2.24, 2.45) is 0 Å². The molecule has 1 aromatic carbocycles. The Labute approximate surface area is 115 Å². The third kappa shape index (κ3) is 4.63. The number of rotatable bonds is 5. The molecule has 2 rings (SSSR count). The molecule has 1 aromatic rings. The van der Waals surface area contributed by atoms with E-state index in [0.717, 1.165) is 13.1 Å². The van der Waals surface area contributed by atoms with E-state index in [1.165, 1.54) is 23.6 Å². The molecule has 1 saturated heterocycles. The summed E-state index contributed by atoms with van der Waals surface area (Å²) >= 11 is 1.95. The van der Waals surface area contributed by atoms with Crippen LogP contribution < -0.4 is 0 Å². The monoisotopic (exact) mass is 265 g/mol. The van der Waals surface area contributed by atoms with Gasteiger partial charge in [0.25, 0.3) is 0 Å². The van der Waals surface area contributed by atoms with Crippen molar-refractivity contribution >= 4 is 11.8 Å². The van der Waals surface area contributed by atoms with Gasteiger partial charge in [0, 0.05) is 18.0 Å². The predicted octanol–water partition coefficient (Wildman–Crippen LogP) is 3.28. The molecule has 0 aromatic heterocycles. The first-order valence-corrected chi connectivity index (χ1v) is 7.78. The van der Waals surface area contributed by atoms with Crippen LogP contribution in [0.1, 0.15) is 20.3 Å². The summed E-state index contributed by atoms with van der Waals surface area (Å²) in [6.07, 6.45) is 2.02. The Kier molecular flexibility index (Phi) is 5.54. The molecule has 3 heteroatoms. The molecular weight excluding hydrogens is 242 g/mol. The number of nitrogens with zero attached hydrogens (tertiary/aromatic N) is 1. The summed E-state index contributed by atoms with van der Waals surface area (Å²) in [6, 6.07) is 10.6. The van der Waals surface area contributed by atoms with Gasteiger partial charge in [-0.05, 0) is 44.7 Å². The molecule has 100 valence electrons. The lowest BCUT2D eigenvalue weighted by Gasteiger charge is -2.35. The van der Waals surface area contributed by atoms with Crippen LogP contribution in [0.4, 0.5) is 0 Å². The van der Waals surface area contributed by atoms with Crippen molar-refractivity contribution in [2.75, 3.05) is 25.4 Å². The Morgan fingerprint density at radius 2 is 1.83 bits per heavy atom. The van der Waals surface area contributed by atoms with Crippen LogP contribution in [-0.4, -0.2) is 42.5 Å². The summed E-state index contributed by atoms with van der Waals surface area (Å²) in [5.74, 6) is 1.20. The molecular formula is C15H23NOS. The second-order valence-electron chi connectivity index (χ2n) is 5.03. The third-order valence-corrected chi connectivity index (χ3v) is 4.22. The van der Waals surface area contributed by atoms with Crippen LogP contribution >= 0.6 is 11.8 Å². The van der Waals surface area contributed by atoms with Crippen molar-refractivity contribution in [3.8, 4) is 0 Å². The molecule has 0 N–H and O–H groups in total. The lowest BCUT2D eigenvalue weighted by Crippen LogP contribution is -2.45. The predicted molar refractivity (Wildman–Crippen MR) is 78.2 cm³/mol. The fourth-order valence-electron chi connectivity index (χ4n) is 2.46. The van der Waals surface area contributed by atoms with Gasteiger partial charge in [-0.3, -0.25) is 4.90 Å². The van der Waals surface area contributed by atoms with Crippen molar-refractivity contribution < 1.29 is 4.74 Å². The molecule has 1 heterocycles. The van der Waals surface area contributed by atoms with Gasteiger partial charge in [-0.15, -0.1) is 11.8 Å². The van der Waals surface area contributed by atoms with Crippen LogP contribution in [0.3, 0.4) is 0 Å². The fraction of sp³-hybridized carbons (Fsp3) is 0.600. The number of hydrogen-bond donors (Lipinski definition) is 0. The molecule has 0 radical (unpaired) electrons. The van der Waals surface area contributed by atoms with Crippen molar-refractivity contribution in [2.45, 2.75) is 37.4 Å². The summed E-state index contributed by atoms with van der Waals surface area (Å²) in [7, 11) is 0. The molecule has 1 aliphatic rings. The lowest BCUT2D eigenvalue weighted by atomic mass is 10.2. The highest BCUT2D eigenvalue weighted by molar-refractivity contribution is 7.99. The Hall–Kier alpha value is -0.510. The van der Waals surface area contributed by atoms with Gasteiger partial charge in [0.05, 0.1) is 12.2 Å². The minimum absolute atomic E-state index is 0.385. The van der Waals surface area contributed by atoms with Crippen LogP contribution in [0.2, 0.25) is 0 Å². The largest absolute Gasteiger partial charge is 0.373 e. The number of hydrogen-bond acceptors (Lipinski definition) is 3. The molecule has 0 amide bonds. The fourth-order valence-corrected chi connectivity index (χ4v) is 3.32. The number of thioether (sulfide) groups is 1. The van der Waals surface area contributed by atoms with Crippen molar-refractivity contribution in [1.82, 2.24) is 4.90 Å². The zero-order chi connectivity index (χ0) is 12.8. The molecule has 2 nitrogen and oxygen atoms in total. The third-order valence-electron chi connectivity index (χ3n) is 3.13. The van der Waals surface area contributed by atoms with E-state index in [-0.39, 0.29) is 0 Å². The number of morpholine rings is 1. The van der Waals surface area contributed by atoms with Crippen LogP contribution in [0.25, 0.3) is 0 Å². The normalized spacial score (nSPS) is 25.2. The first-order valence-electron chi connectivity index (χ1n) is 6.79. The minimum Gasteiger partial charge on any atom is -0.373 e. The van der Waals surface area contributed by atoms with E-state index in [1.807, 2.05) is 11.8 Å². The van der Waals surface area contributed by atoms with Crippen LogP contribution in [-0.2, 0) is 4.74 Å². The molecule has 2 unspecified atom stereocenters. The van der Waals surface area contributed by atoms with Crippen molar-refractivity contribution in [3.63, 3.8) is 0 Å². The maximum Gasteiger partial charge on any atom is 0.0678 e. The molecule has 0 bridgehead atoms. The Morgan fingerprint density at radius 1 is 1.17 bits per heavy atom. The zero-order valence-electron chi connectivity index (χ0n) is 11.3. The van der Waals surface area contributed by atoms with Crippen LogP contribution in [0.5, 0.6) is 0 Å². The van der Waals surface area contributed by atoms with E-state index >= 15 is 0 Å². The van der Waals surface area contributed by atoms with Gasteiger partial charge in [-0.2, -0.15) is 0 Å². The number of ether oxygens (including phenoxy) is 1. The summed E-state index contributed by atoms with van der Waals surface area (Å²) in [5.41, 5.74) is 0. The first-order chi connectivity index (χ1) is 8.74. The van der Waals surface area contributed by atoms with Gasteiger partial charge >= 0.3 is 0 Å². The smallest absolute Gasteiger partial charge is 0.0678 e. The molecule has 0 aliphatic carbocycles. The molecule has 1 aliphatic heterocycles. The van der Waals surface area contributed by atoms with E-state index in [1.54, 1.807) is 0 Å². The van der Waals surface area contributed by atoms with E-state index in [9.17, 15) is 0 Å². The molecule has 1 fully saturated rings. The van der Waals surface area contributed by atoms with Crippen LogP contribution in [0.15, 0.2) is 35.2 Å². The highest BCUT2D eigenvalue weighted by Gasteiger charge is 2.21. The SMILES string of the molecule is CC1CN(CCCSc2ccccc2)CC(C)O1. The number of benzene rings is 1. The average Bonchev–Trinajstić information content (AvgIpc) is 2.35. The Bertz CT molecular complexity index is 334. The standard InChI is InChI=1S/C15H23NOS/c1-13-11-16(12-14(2)17-13)9-6-10-18-15-7-4-3-5-8-15/h3-5,7-8,13-14H,6,9-12H2,1-2H3. The second kappa shape index (κ2) is 7.17. The summed E-state index contributed by atoms with van der Waals surface area (Å²) in [6.45, 7) is 7.70. The summed E-state index contributed by atoms with van der Waals surface area (Å²) in [4.78, 5) is 3.91. The van der Waals surface area contributed by atoms with Crippen LogP contribution in [0, 0.1) is 0 Å². The average molecular weight is 265 g/mol. The minimum atomic E-state index is 0.385. The summed E-state index contributed by atoms with van der Waals surface area (Å²) in [5, 5.41) is 0. The molecule has 0 saturated carbocycles. The van der Waals surface area contributed by atoms with E-state index in [0.29, 0.717) is 12.2 Å². The first kappa shape index (κ1) is 13.9. The highest BCUT2D eigenvalue weighted by atomic mass is 32.2. The maximum absolute atomic E-state index is 5.75. The lowest BCUT2D eigenvalue weighted by molar-refractivity contribution is -0.0677. The van der Waals surface area contributed by atoms with Gasteiger partial charge in [0.15, 0.2) is 0 Å². The van der Waals surface area contributed by atoms with E-state index in [4.69, 9.17) is 4.74 Å².